The Bertz CT molecular complexity index is 3670. The lowest BCUT2D eigenvalue weighted by atomic mass is 9.33. The van der Waals surface area contributed by atoms with Crippen LogP contribution in [0.1, 0.15) is 203 Å². The Labute approximate surface area is 460 Å². The van der Waals surface area contributed by atoms with Crippen molar-refractivity contribution in [2.45, 2.75) is 180 Å². The number of furan rings is 1. The Morgan fingerprint density at radius 1 is 0.429 bits per heavy atom. The maximum absolute atomic E-state index is 7.75. The van der Waals surface area contributed by atoms with E-state index in [4.69, 9.17) is 4.42 Å². The van der Waals surface area contributed by atoms with Crippen LogP contribution < -0.4 is 31.1 Å². The molecule has 4 nitrogen and oxygen atoms in total. The summed E-state index contributed by atoms with van der Waals surface area (Å²) in [5.74, 6) is 2.86. The quantitative estimate of drug-likeness (QED) is 0.160. The highest BCUT2D eigenvalue weighted by Gasteiger charge is 2.49. The van der Waals surface area contributed by atoms with Gasteiger partial charge in [-0.3, -0.25) is 4.90 Å². The highest BCUT2D eigenvalue weighted by Crippen LogP contribution is 2.55. The SMILES string of the molecule is CC1CCC(C)c2cc3c(cc21)B1c2c(cc(N(c4ccccc4)c4ccccc4)cc2N(c2ccc4c(c2)C(C)(C)CCC4(C)C)c2oc4cc5c(cc4c21)C(C)CCC5C)N3c1ccc2c(c1)C(C)(C)CCC2(C)C. The van der Waals surface area contributed by atoms with Crippen LogP contribution in [0.4, 0.5) is 51.4 Å². The van der Waals surface area contributed by atoms with Crippen LogP contribution in [0.3, 0.4) is 0 Å². The number of hydrogen-bond acceptors (Lipinski definition) is 4. The topological polar surface area (TPSA) is 22.9 Å². The second-order valence-corrected chi connectivity index (χ2v) is 27.6. The van der Waals surface area contributed by atoms with Gasteiger partial charge in [0.15, 0.2) is 0 Å². The van der Waals surface area contributed by atoms with Gasteiger partial charge < -0.3 is 14.2 Å². The van der Waals surface area contributed by atoms with Crippen LogP contribution in [0, 0.1) is 0 Å². The summed E-state index contributed by atoms with van der Waals surface area (Å²) in [6.07, 6.45) is 9.48. The van der Waals surface area contributed by atoms with E-state index >= 15 is 0 Å². The molecule has 0 saturated heterocycles. The molecular formula is C72H78BN3O. The summed E-state index contributed by atoms with van der Waals surface area (Å²) in [4.78, 5) is 7.79. The standard InChI is InChI=1S/C72H78BN3O/c1-43-23-26-46(4)55-42-65-56(39-52(43)55)66-68(77-65)76(50-28-30-58-60(36-50)72(11,12)34-32-70(58,7)8)64-38-51(74(47-19-15-13-16-20-47)48-21-17-14-18-22-48)37-63-67(64)73(66)61-40-53-44(2)24-25-45(3)54(53)41-62(61)75(63)49-27-29-57-59(35-49)71(9,10)33-31-69(57,5)6/h13-22,27-30,35-46H,23-26,31-34H2,1-12H3. The van der Waals surface area contributed by atoms with Gasteiger partial charge in [-0.15, -0.1) is 0 Å². The van der Waals surface area contributed by atoms with Crippen molar-refractivity contribution >= 4 is 85.5 Å². The van der Waals surface area contributed by atoms with E-state index in [-0.39, 0.29) is 28.4 Å². The molecule has 7 aromatic carbocycles. The molecule has 6 aliphatic rings. The van der Waals surface area contributed by atoms with Crippen LogP contribution in [-0.2, 0) is 21.7 Å². The number of para-hydroxylation sites is 2. The Hall–Kier alpha value is -6.46. The van der Waals surface area contributed by atoms with Gasteiger partial charge in [0.05, 0.1) is 5.69 Å². The van der Waals surface area contributed by atoms with Crippen molar-refractivity contribution in [2.75, 3.05) is 14.7 Å². The monoisotopic (exact) mass is 1010 g/mol. The smallest absolute Gasteiger partial charge is 0.257 e. The lowest BCUT2D eigenvalue weighted by Gasteiger charge is -2.46. The maximum atomic E-state index is 7.75. The number of hydrogen-bond donors (Lipinski definition) is 0. The van der Waals surface area contributed by atoms with Crippen molar-refractivity contribution < 1.29 is 4.42 Å². The van der Waals surface area contributed by atoms with Crippen LogP contribution in [0.15, 0.2) is 138 Å². The first-order valence-electron chi connectivity index (χ1n) is 29.6. The van der Waals surface area contributed by atoms with Crippen molar-refractivity contribution in [3.05, 3.63) is 178 Å². The van der Waals surface area contributed by atoms with Crippen molar-refractivity contribution in [2.24, 2.45) is 0 Å². The Balaban J connectivity index is 1.15. The van der Waals surface area contributed by atoms with Gasteiger partial charge in [0, 0.05) is 50.7 Å². The first-order chi connectivity index (χ1) is 36.8. The van der Waals surface area contributed by atoms with Crippen LogP contribution in [0.25, 0.3) is 11.0 Å². The van der Waals surface area contributed by atoms with Crippen LogP contribution in [0.5, 0.6) is 0 Å². The number of anilines is 9. The van der Waals surface area contributed by atoms with Crippen molar-refractivity contribution in [3.63, 3.8) is 0 Å². The zero-order valence-electron chi connectivity index (χ0n) is 48.0. The molecule has 0 spiro atoms. The first kappa shape index (κ1) is 48.9. The third-order valence-corrected chi connectivity index (χ3v) is 20.7. The summed E-state index contributed by atoms with van der Waals surface area (Å²) in [5, 5.41) is 1.27. The van der Waals surface area contributed by atoms with Crippen LogP contribution in [-0.4, -0.2) is 6.71 Å². The summed E-state index contributed by atoms with van der Waals surface area (Å²) in [5.41, 5.74) is 26.6. The average molecular weight is 1010 g/mol. The molecule has 0 amide bonds. The van der Waals surface area contributed by atoms with E-state index in [1.807, 2.05) is 0 Å². The second kappa shape index (κ2) is 17.0. The van der Waals surface area contributed by atoms with E-state index in [0.717, 1.165) is 47.1 Å². The summed E-state index contributed by atoms with van der Waals surface area (Å²) in [6, 6.07) is 52.6. The van der Waals surface area contributed by atoms with Gasteiger partial charge in [-0.25, -0.2) is 0 Å². The van der Waals surface area contributed by atoms with Crippen molar-refractivity contribution in [1.82, 2.24) is 0 Å². The van der Waals surface area contributed by atoms with Crippen molar-refractivity contribution in [3.8, 4) is 0 Å². The van der Waals surface area contributed by atoms with Gasteiger partial charge in [0.1, 0.15) is 5.58 Å². The minimum absolute atomic E-state index is 0.0113. The van der Waals surface area contributed by atoms with E-state index in [1.165, 1.54) is 128 Å². The van der Waals surface area contributed by atoms with Crippen molar-refractivity contribution in [1.29, 1.82) is 0 Å². The van der Waals surface area contributed by atoms with E-state index in [9.17, 15) is 0 Å². The zero-order valence-corrected chi connectivity index (χ0v) is 48.0. The molecule has 0 bridgehead atoms. The molecule has 4 unspecified atom stereocenters. The Kier molecular flexibility index (Phi) is 10.8. The highest BCUT2D eigenvalue weighted by molar-refractivity contribution is 7.01. The summed E-state index contributed by atoms with van der Waals surface area (Å²) >= 11 is 0. The molecule has 0 fully saturated rings. The zero-order chi connectivity index (χ0) is 53.2. The largest absolute Gasteiger partial charge is 0.440 e. The summed E-state index contributed by atoms with van der Waals surface area (Å²) < 4.78 is 7.75. The number of benzene rings is 7. The molecule has 14 rings (SSSR count). The number of nitrogens with zero attached hydrogens (tertiary/aromatic N) is 3. The predicted molar refractivity (Wildman–Crippen MR) is 328 cm³/mol. The fourth-order valence-corrected chi connectivity index (χ4v) is 15.7. The highest BCUT2D eigenvalue weighted by atomic mass is 16.4. The number of rotatable bonds is 5. The third-order valence-electron chi connectivity index (χ3n) is 20.7. The molecule has 1 aromatic heterocycles. The van der Waals surface area contributed by atoms with Gasteiger partial charge >= 0.3 is 0 Å². The Morgan fingerprint density at radius 2 is 0.870 bits per heavy atom. The molecular weight excluding hydrogens is 934 g/mol. The molecule has 0 saturated carbocycles. The average Bonchev–Trinajstić information content (AvgIpc) is 4.02. The molecule has 5 heteroatoms. The minimum Gasteiger partial charge on any atom is -0.440 e. The molecule has 77 heavy (non-hydrogen) atoms. The van der Waals surface area contributed by atoms with E-state index < -0.39 is 0 Å². The first-order valence-corrected chi connectivity index (χ1v) is 29.6. The molecule has 8 aromatic rings. The molecule has 0 N–H and O–H groups in total. The van der Waals surface area contributed by atoms with Crippen LogP contribution >= 0.6 is 0 Å². The predicted octanol–water partition coefficient (Wildman–Crippen LogP) is 18.7. The van der Waals surface area contributed by atoms with Gasteiger partial charge in [-0.2, -0.15) is 0 Å². The van der Waals surface area contributed by atoms with Gasteiger partial charge in [-0.1, -0.05) is 138 Å². The van der Waals surface area contributed by atoms with Gasteiger partial charge in [-0.05, 0) is 231 Å². The fourth-order valence-electron chi connectivity index (χ4n) is 15.7. The molecule has 3 heterocycles. The normalized spacial score (nSPS) is 22.7. The summed E-state index contributed by atoms with van der Waals surface area (Å²) in [7, 11) is 0. The molecule has 4 atom stereocenters. The lowest BCUT2D eigenvalue weighted by molar-refractivity contribution is 0.332. The second-order valence-electron chi connectivity index (χ2n) is 27.6. The van der Waals surface area contributed by atoms with E-state index in [0.29, 0.717) is 23.7 Å². The number of fused-ring (bicyclic) bond motifs is 10. The third kappa shape index (κ3) is 7.37. The molecule has 390 valence electrons. The van der Waals surface area contributed by atoms with Gasteiger partial charge in [0.2, 0.25) is 5.88 Å². The minimum atomic E-state index is -0.0835. The maximum Gasteiger partial charge on any atom is 0.257 e. The summed E-state index contributed by atoms with van der Waals surface area (Å²) in [6.45, 7) is 29.5. The fraction of sp³-hybridized carbons (Fsp3) is 0.389. The Morgan fingerprint density at radius 3 is 1.39 bits per heavy atom. The molecule has 4 aliphatic carbocycles. The molecule has 2 aliphatic heterocycles. The van der Waals surface area contributed by atoms with E-state index in [1.54, 1.807) is 0 Å². The van der Waals surface area contributed by atoms with Gasteiger partial charge in [0.25, 0.3) is 6.71 Å². The molecule has 0 radical (unpaired) electrons. The van der Waals surface area contributed by atoms with Crippen LogP contribution in [0.2, 0.25) is 0 Å². The van der Waals surface area contributed by atoms with E-state index in [2.05, 4.69) is 231 Å². The lowest BCUT2D eigenvalue weighted by Crippen LogP contribution is -2.61.